The summed E-state index contributed by atoms with van der Waals surface area (Å²) in [6.07, 6.45) is 2.03. The van der Waals surface area contributed by atoms with Gasteiger partial charge >= 0.3 is 0 Å². The van der Waals surface area contributed by atoms with E-state index in [1.807, 2.05) is 12.1 Å². The van der Waals surface area contributed by atoms with Crippen molar-refractivity contribution < 1.29 is 14.4 Å². The summed E-state index contributed by atoms with van der Waals surface area (Å²) >= 11 is 1.21. The van der Waals surface area contributed by atoms with Crippen LogP contribution in [0.15, 0.2) is 59.6 Å². The molecule has 0 bridgehead atoms. The topological polar surface area (TPSA) is 114 Å². The lowest BCUT2D eigenvalue weighted by Gasteiger charge is -2.09. The number of nitrogens with two attached hydrogens (primary N) is 1. The van der Waals surface area contributed by atoms with Crippen LogP contribution in [0, 0.1) is 0 Å². The quantitative estimate of drug-likeness (QED) is 0.509. The van der Waals surface area contributed by atoms with Gasteiger partial charge < -0.3 is 16.4 Å². The number of benzene rings is 2. The number of aromatic nitrogens is 1. The van der Waals surface area contributed by atoms with Gasteiger partial charge in [0.15, 0.2) is 0 Å². The Hall–Kier alpha value is -3.39. The largest absolute Gasteiger partial charge is 0.366 e. The van der Waals surface area contributed by atoms with Crippen LogP contribution in [-0.4, -0.2) is 34.5 Å². The summed E-state index contributed by atoms with van der Waals surface area (Å²) in [5.41, 5.74) is 7.57. The normalized spacial score (nSPS) is 13.1. The Morgan fingerprint density at radius 1 is 1.07 bits per heavy atom. The van der Waals surface area contributed by atoms with Gasteiger partial charge in [0.05, 0.1) is 21.9 Å². The van der Waals surface area contributed by atoms with E-state index in [-0.39, 0.29) is 23.6 Å². The fraction of sp³-hybridized carbons (Fsp3) is 0.182. The van der Waals surface area contributed by atoms with Crippen molar-refractivity contribution in [1.82, 2.24) is 10.3 Å². The van der Waals surface area contributed by atoms with Gasteiger partial charge in [-0.3, -0.25) is 14.4 Å². The smallest absolute Gasteiger partial charge is 0.251 e. The Labute approximate surface area is 177 Å². The molecule has 1 saturated carbocycles. The van der Waals surface area contributed by atoms with Crippen LogP contribution in [0.5, 0.6) is 0 Å². The molecule has 4 rings (SSSR count). The molecule has 1 aliphatic rings. The number of thioether (sulfide) groups is 1. The molecule has 7 nitrogen and oxygen atoms in total. The molecule has 1 aliphatic carbocycles. The summed E-state index contributed by atoms with van der Waals surface area (Å²) in [6.45, 7) is 0. The highest BCUT2D eigenvalue weighted by Gasteiger charge is 2.23. The zero-order chi connectivity index (χ0) is 21.1. The summed E-state index contributed by atoms with van der Waals surface area (Å²) in [7, 11) is 0. The van der Waals surface area contributed by atoms with E-state index in [1.54, 1.807) is 42.5 Å². The Kier molecular flexibility index (Phi) is 5.67. The molecule has 0 unspecified atom stereocenters. The Bertz CT molecular complexity index is 1140. The lowest BCUT2D eigenvalue weighted by atomic mass is 10.1. The number of carbonyl (C=O) groups excluding carboxylic acids is 3. The third-order valence-corrected chi connectivity index (χ3v) is 5.54. The maximum atomic E-state index is 12.4. The van der Waals surface area contributed by atoms with E-state index in [2.05, 4.69) is 15.6 Å². The molecule has 3 amide bonds. The number of hydrogen-bond donors (Lipinski definition) is 3. The number of fused-ring (bicyclic) bond motifs is 1. The molecule has 0 atom stereocenters. The van der Waals surface area contributed by atoms with Crippen molar-refractivity contribution in [2.45, 2.75) is 23.9 Å². The summed E-state index contributed by atoms with van der Waals surface area (Å²) < 4.78 is 0. The summed E-state index contributed by atoms with van der Waals surface area (Å²) in [6, 6.07) is 15.9. The van der Waals surface area contributed by atoms with Crippen molar-refractivity contribution in [2.75, 3.05) is 11.1 Å². The first-order valence-electron chi connectivity index (χ1n) is 9.53. The number of pyridine rings is 1. The molecule has 8 heteroatoms. The predicted octanol–water partition coefficient (Wildman–Crippen LogP) is 2.96. The van der Waals surface area contributed by atoms with E-state index in [4.69, 9.17) is 5.73 Å². The van der Waals surface area contributed by atoms with Gasteiger partial charge in [-0.15, -0.1) is 0 Å². The summed E-state index contributed by atoms with van der Waals surface area (Å²) in [5.74, 6) is -0.818. The molecule has 0 radical (unpaired) electrons. The van der Waals surface area contributed by atoms with Gasteiger partial charge in [-0.2, -0.15) is 0 Å². The number of amides is 3. The van der Waals surface area contributed by atoms with Crippen molar-refractivity contribution in [3.8, 4) is 0 Å². The second kappa shape index (κ2) is 8.54. The van der Waals surface area contributed by atoms with E-state index in [1.165, 1.54) is 11.8 Å². The van der Waals surface area contributed by atoms with E-state index in [0.29, 0.717) is 32.7 Å². The van der Waals surface area contributed by atoms with E-state index in [0.717, 1.165) is 12.8 Å². The number of primary amides is 1. The van der Waals surface area contributed by atoms with Crippen LogP contribution < -0.4 is 16.4 Å². The third-order valence-electron chi connectivity index (χ3n) is 4.63. The lowest BCUT2D eigenvalue weighted by Crippen LogP contribution is -2.25. The molecule has 1 heterocycles. The van der Waals surface area contributed by atoms with Crippen LogP contribution in [0.3, 0.4) is 0 Å². The SMILES string of the molecule is NC(=O)c1cc(SCC(=O)Nc2cccc(C(=O)NC3CC3)c2)nc2ccccc12. The zero-order valence-corrected chi connectivity index (χ0v) is 16.9. The number of para-hydroxylation sites is 1. The van der Waals surface area contributed by atoms with Gasteiger partial charge in [-0.05, 0) is 43.2 Å². The molecule has 30 heavy (non-hydrogen) atoms. The average Bonchev–Trinajstić information content (AvgIpc) is 3.55. The summed E-state index contributed by atoms with van der Waals surface area (Å²) in [5, 5.41) is 6.93. The monoisotopic (exact) mass is 420 g/mol. The van der Waals surface area contributed by atoms with Crippen molar-refractivity contribution >= 4 is 46.1 Å². The molecule has 3 aromatic rings. The molecule has 152 valence electrons. The second-order valence-electron chi connectivity index (χ2n) is 7.05. The minimum Gasteiger partial charge on any atom is -0.366 e. The fourth-order valence-electron chi connectivity index (χ4n) is 3.00. The van der Waals surface area contributed by atoms with Crippen molar-refractivity contribution in [2.24, 2.45) is 5.73 Å². The molecular weight excluding hydrogens is 400 g/mol. The Morgan fingerprint density at radius 2 is 1.87 bits per heavy atom. The van der Waals surface area contributed by atoms with Gasteiger partial charge in [-0.1, -0.05) is 36.0 Å². The van der Waals surface area contributed by atoms with Crippen LogP contribution in [0.25, 0.3) is 10.9 Å². The van der Waals surface area contributed by atoms with Crippen LogP contribution in [0.1, 0.15) is 33.6 Å². The lowest BCUT2D eigenvalue weighted by molar-refractivity contribution is -0.113. The highest BCUT2D eigenvalue weighted by atomic mass is 32.2. The van der Waals surface area contributed by atoms with Crippen LogP contribution in [0.2, 0.25) is 0 Å². The molecule has 4 N–H and O–H groups in total. The first kappa shape index (κ1) is 19.9. The fourth-order valence-corrected chi connectivity index (χ4v) is 3.72. The third kappa shape index (κ3) is 4.77. The van der Waals surface area contributed by atoms with Crippen LogP contribution >= 0.6 is 11.8 Å². The summed E-state index contributed by atoms with van der Waals surface area (Å²) in [4.78, 5) is 40.8. The number of anilines is 1. The number of rotatable bonds is 7. The number of hydrogen-bond acceptors (Lipinski definition) is 5. The molecule has 0 aliphatic heterocycles. The molecule has 2 aromatic carbocycles. The molecule has 1 aromatic heterocycles. The van der Waals surface area contributed by atoms with Gasteiger partial charge in [0.25, 0.3) is 5.91 Å². The van der Waals surface area contributed by atoms with E-state index in [9.17, 15) is 14.4 Å². The van der Waals surface area contributed by atoms with Crippen LogP contribution in [0.4, 0.5) is 5.69 Å². The number of carbonyl (C=O) groups is 3. The molecule has 0 saturated heterocycles. The molecular formula is C22H20N4O3S. The van der Waals surface area contributed by atoms with Crippen molar-refractivity contribution in [3.05, 3.63) is 65.7 Å². The second-order valence-corrected chi connectivity index (χ2v) is 8.05. The van der Waals surface area contributed by atoms with Gasteiger partial charge in [0.1, 0.15) is 0 Å². The molecule has 0 spiro atoms. The Morgan fingerprint density at radius 3 is 2.63 bits per heavy atom. The minimum absolute atomic E-state index is 0.0992. The maximum Gasteiger partial charge on any atom is 0.251 e. The first-order valence-corrected chi connectivity index (χ1v) is 10.5. The van der Waals surface area contributed by atoms with Crippen molar-refractivity contribution in [3.63, 3.8) is 0 Å². The van der Waals surface area contributed by atoms with Gasteiger partial charge in [-0.25, -0.2) is 4.98 Å². The highest BCUT2D eigenvalue weighted by molar-refractivity contribution is 7.99. The van der Waals surface area contributed by atoms with Crippen molar-refractivity contribution in [1.29, 1.82) is 0 Å². The van der Waals surface area contributed by atoms with Crippen LogP contribution in [-0.2, 0) is 4.79 Å². The molecule has 1 fully saturated rings. The standard InChI is InChI=1S/C22H20N4O3S/c23-21(28)17-11-20(26-18-7-2-1-6-16(17)18)30-12-19(27)24-15-5-3-4-13(10-15)22(29)25-14-8-9-14/h1-7,10-11,14H,8-9,12H2,(H2,23,28)(H,24,27)(H,25,29). The van der Waals surface area contributed by atoms with Gasteiger partial charge in [0.2, 0.25) is 11.8 Å². The Balaban J connectivity index is 1.41. The average molecular weight is 420 g/mol. The van der Waals surface area contributed by atoms with E-state index < -0.39 is 5.91 Å². The maximum absolute atomic E-state index is 12.4. The van der Waals surface area contributed by atoms with Gasteiger partial charge in [0, 0.05) is 22.7 Å². The minimum atomic E-state index is -0.541. The number of nitrogens with one attached hydrogen (secondary N) is 2. The van der Waals surface area contributed by atoms with E-state index >= 15 is 0 Å². The predicted molar refractivity (Wildman–Crippen MR) is 117 cm³/mol. The highest BCUT2D eigenvalue weighted by Crippen LogP contribution is 2.24. The number of nitrogens with zero attached hydrogens (tertiary/aromatic N) is 1. The zero-order valence-electron chi connectivity index (χ0n) is 16.1. The first-order chi connectivity index (χ1) is 14.5.